The molecule has 0 aliphatic rings. The van der Waals surface area contributed by atoms with Gasteiger partial charge in [0, 0.05) is 12.1 Å². The molecule has 110 valence electrons. The van der Waals surface area contributed by atoms with Gasteiger partial charge in [-0.3, -0.25) is 0 Å². The van der Waals surface area contributed by atoms with Crippen molar-refractivity contribution in [2.75, 3.05) is 46.8 Å². The smallest absolute Gasteiger partial charge is 0.00966 e. The minimum Gasteiger partial charge on any atom is -0.312 e. The molecule has 0 aromatic carbocycles. The van der Waals surface area contributed by atoms with Crippen LogP contribution in [0.5, 0.6) is 0 Å². The standard InChI is InChI=1S/C15H35N3/c1-8-18(11-9-10-17(6)7)13-14(2)12-16-15(3,4)5/h14,16H,8-13H2,1-7H3. The molecule has 0 aromatic rings. The first-order valence-corrected chi connectivity index (χ1v) is 7.36. The van der Waals surface area contributed by atoms with E-state index in [9.17, 15) is 0 Å². The molecule has 0 rings (SSSR count). The normalized spacial score (nSPS) is 14.5. The fourth-order valence-electron chi connectivity index (χ4n) is 1.97. The Morgan fingerprint density at radius 3 is 2.17 bits per heavy atom. The van der Waals surface area contributed by atoms with Crippen molar-refractivity contribution in [3.63, 3.8) is 0 Å². The Bertz CT molecular complexity index is 196. The number of rotatable bonds is 9. The Morgan fingerprint density at radius 2 is 1.72 bits per heavy atom. The van der Waals surface area contributed by atoms with Crippen molar-refractivity contribution in [3.05, 3.63) is 0 Å². The first-order valence-electron chi connectivity index (χ1n) is 7.36. The van der Waals surface area contributed by atoms with Gasteiger partial charge in [0.15, 0.2) is 0 Å². The molecule has 18 heavy (non-hydrogen) atoms. The largest absolute Gasteiger partial charge is 0.312 e. The summed E-state index contributed by atoms with van der Waals surface area (Å²) in [7, 11) is 4.29. The summed E-state index contributed by atoms with van der Waals surface area (Å²) >= 11 is 0. The SMILES string of the molecule is CCN(CCCN(C)C)CC(C)CNC(C)(C)C. The Labute approximate surface area is 115 Å². The van der Waals surface area contributed by atoms with Crippen LogP contribution >= 0.6 is 0 Å². The van der Waals surface area contributed by atoms with Gasteiger partial charge in [-0.2, -0.15) is 0 Å². The summed E-state index contributed by atoms with van der Waals surface area (Å²) in [6.07, 6.45) is 1.26. The van der Waals surface area contributed by atoms with E-state index >= 15 is 0 Å². The van der Waals surface area contributed by atoms with Gasteiger partial charge >= 0.3 is 0 Å². The predicted molar refractivity (Wildman–Crippen MR) is 82.2 cm³/mol. The molecule has 1 N–H and O–H groups in total. The van der Waals surface area contributed by atoms with E-state index in [4.69, 9.17) is 0 Å². The summed E-state index contributed by atoms with van der Waals surface area (Å²) in [5, 5.41) is 3.59. The van der Waals surface area contributed by atoms with Crippen LogP contribution in [0.25, 0.3) is 0 Å². The van der Waals surface area contributed by atoms with Gasteiger partial charge in [0.25, 0.3) is 0 Å². The Balaban J connectivity index is 3.82. The lowest BCUT2D eigenvalue weighted by atomic mass is 10.1. The summed E-state index contributed by atoms with van der Waals surface area (Å²) in [6.45, 7) is 17.2. The summed E-state index contributed by atoms with van der Waals surface area (Å²) < 4.78 is 0. The van der Waals surface area contributed by atoms with Crippen LogP contribution in [-0.2, 0) is 0 Å². The van der Waals surface area contributed by atoms with Crippen molar-refractivity contribution in [1.82, 2.24) is 15.1 Å². The fourth-order valence-corrected chi connectivity index (χ4v) is 1.97. The maximum Gasteiger partial charge on any atom is 0.00966 e. The van der Waals surface area contributed by atoms with E-state index in [0.717, 1.165) is 13.1 Å². The summed E-state index contributed by atoms with van der Waals surface area (Å²) in [5.74, 6) is 0.712. The first-order chi connectivity index (χ1) is 8.24. The monoisotopic (exact) mass is 257 g/mol. The van der Waals surface area contributed by atoms with Crippen LogP contribution < -0.4 is 5.32 Å². The van der Waals surface area contributed by atoms with Gasteiger partial charge in [-0.25, -0.2) is 0 Å². The van der Waals surface area contributed by atoms with E-state index in [1.807, 2.05) is 0 Å². The Morgan fingerprint density at radius 1 is 1.11 bits per heavy atom. The molecule has 0 aliphatic carbocycles. The van der Waals surface area contributed by atoms with E-state index in [1.54, 1.807) is 0 Å². The minimum atomic E-state index is 0.232. The zero-order valence-corrected chi connectivity index (χ0v) is 13.7. The van der Waals surface area contributed by atoms with E-state index in [1.165, 1.54) is 26.1 Å². The number of hydrogen-bond acceptors (Lipinski definition) is 3. The second kappa shape index (κ2) is 8.89. The highest BCUT2D eigenvalue weighted by atomic mass is 15.1. The lowest BCUT2D eigenvalue weighted by Gasteiger charge is -2.28. The predicted octanol–water partition coefficient (Wildman–Crippen LogP) is 2.28. The van der Waals surface area contributed by atoms with Gasteiger partial charge in [-0.05, 0) is 73.4 Å². The van der Waals surface area contributed by atoms with Gasteiger partial charge in [-0.1, -0.05) is 13.8 Å². The van der Waals surface area contributed by atoms with Crippen LogP contribution in [0.3, 0.4) is 0 Å². The third kappa shape index (κ3) is 11.0. The molecule has 1 atom stereocenters. The van der Waals surface area contributed by atoms with Crippen molar-refractivity contribution in [2.24, 2.45) is 5.92 Å². The zero-order chi connectivity index (χ0) is 14.2. The van der Waals surface area contributed by atoms with Crippen LogP contribution in [0.15, 0.2) is 0 Å². The van der Waals surface area contributed by atoms with Crippen molar-refractivity contribution >= 4 is 0 Å². The van der Waals surface area contributed by atoms with Crippen molar-refractivity contribution in [3.8, 4) is 0 Å². The molecule has 0 aliphatic heterocycles. The van der Waals surface area contributed by atoms with Crippen molar-refractivity contribution in [1.29, 1.82) is 0 Å². The van der Waals surface area contributed by atoms with E-state index < -0.39 is 0 Å². The highest BCUT2D eigenvalue weighted by Crippen LogP contribution is 2.04. The Kier molecular flexibility index (Phi) is 8.83. The quantitative estimate of drug-likeness (QED) is 0.684. The molecule has 1 unspecified atom stereocenters. The molecular formula is C15H35N3. The highest BCUT2D eigenvalue weighted by molar-refractivity contribution is 4.73. The first kappa shape index (κ1) is 17.9. The number of nitrogens with one attached hydrogen (secondary N) is 1. The topological polar surface area (TPSA) is 18.5 Å². The second-order valence-electron chi connectivity index (χ2n) is 6.79. The number of nitrogens with zero attached hydrogens (tertiary/aromatic N) is 2. The molecule has 0 saturated heterocycles. The fraction of sp³-hybridized carbons (Fsp3) is 1.00. The molecule has 0 bridgehead atoms. The second-order valence-corrected chi connectivity index (χ2v) is 6.79. The lowest BCUT2D eigenvalue weighted by molar-refractivity contribution is 0.225. The van der Waals surface area contributed by atoms with Gasteiger partial charge in [0.2, 0.25) is 0 Å². The van der Waals surface area contributed by atoms with E-state index in [2.05, 4.69) is 63.8 Å². The molecule has 0 heterocycles. The van der Waals surface area contributed by atoms with Crippen LogP contribution in [0.1, 0.15) is 41.0 Å². The van der Waals surface area contributed by atoms with Crippen LogP contribution in [-0.4, -0.2) is 62.2 Å². The molecule has 0 saturated carbocycles. The average molecular weight is 257 g/mol. The molecular weight excluding hydrogens is 222 g/mol. The van der Waals surface area contributed by atoms with Crippen LogP contribution in [0, 0.1) is 5.92 Å². The van der Waals surface area contributed by atoms with Crippen LogP contribution in [0.4, 0.5) is 0 Å². The average Bonchev–Trinajstić information content (AvgIpc) is 2.23. The van der Waals surface area contributed by atoms with E-state index in [-0.39, 0.29) is 5.54 Å². The molecule has 3 nitrogen and oxygen atoms in total. The molecule has 0 spiro atoms. The van der Waals surface area contributed by atoms with Crippen molar-refractivity contribution < 1.29 is 0 Å². The maximum atomic E-state index is 3.59. The zero-order valence-electron chi connectivity index (χ0n) is 13.7. The van der Waals surface area contributed by atoms with Crippen LogP contribution in [0.2, 0.25) is 0 Å². The molecule has 0 aromatic heterocycles. The number of hydrogen-bond donors (Lipinski definition) is 1. The summed E-state index contributed by atoms with van der Waals surface area (Å²) in [6, 6.07) is 0. The van der Waals surface area contributed by atoms with Gasteiger partial charge < -0.3 is 15.1 Å². The molecule has 0 radical (unpaired) electrons. The maximum absolute atomic E-state index is 3.59. The highest BCUT2D eigenvalue weighted by Gasteiger charge is 2.13. The third-order valence-corrected chi connectivity index (χ3v) is 3.08. The van der Waals surface area contributed by atoms with Gasteiger partial charge in [0.1, 0.15) is 0 Å². The van der Waals surface area contributed by atoms with Crippen molar-refractivity contribution in [2.45, 2.75) is 46.6 Å². The third-order valence-electron chi connectivity index (χ3n) is 3.08. The van der Waals surface area contributed by atoms with Gasteiger partial charge in [-0.15, -0.1) is 0 Å². The molecule has 0 fully saturated rings. The lowest BCUT2D eigenvalue weighted by Crippen LogP contribution is -2.41. The van der Waals surface area contributed by atoms with Gasteiger partial charge in [0.05, 0.1) is 0 Å². The minimum absolute atomic E-state index is 0.232. The molecule has 3 heteroatoms. The van der Waals surface area contributed by atoms with E-state index in [0.29, 0.717) is 5.92 Å². The molecule has 0 amide bonds. The summed E-state index contributed by atoms with van der Waals surface area (Å²) in [4.78, 5) is 4.83. The Hall–Kier alpha value is -0.120. The summed E-state index contributed by atoms with van der Waals surface area (Å²) in [5.41, 5.74) is 0.232.